The van der Waals surface area contributed by atoms with Crippen LogP contribution in [0.25, 0.3) is 11.1 Å². The molecule has 0 heterocycles. The third-order valence-corrected chi connectivity index (χ3v) is 6.34. The summed E-state index contributed by atoms with van der Waals surface area (Å²) in [6.45, 7) is -0.0756. The fraction of sp³-hybridized carbons (Fsp3) is 0.240. The first kappa shape index (κ1) is 23.3. The van der Waals surface area contributed by atoms with E-state index in [4.69, 9.17) is 16.7 Å². The normalized spacial score (nSPS) is 16.3. The topological polar surface area (TPSA) is 69.6 Å². The summed E-state index contributed by atoms with van der Waals surface area (Å²) in [7, 11) is 0. The Hall–Kier alpha value is -2.87. The molecule has 3 aromatic carbocycles. The third-order valence-electron chi connectivity index (χ3n) is 5.99. The van der Waals surface area contributed by atoms with Gasteiger partial charge in [0.05, 0.1) is 11.7 Å². The summed E-state index contributed by atoms with van der Waals surface area (Å²) in [5, 5.41) is 21.6. The number of aromatic carboxylic acids is 1. The van der Waals surface area contributed by atoms with Crippen LogP contribution < -0.4 is 5.32 Å². The van der Waals surface area contributed by atoms with Crippen molar-refractivity contribution >= 4 is 17.6 Å². The molecule has 172 valence electrons. The SMILES string of the molecule is O=C(O)c1ccc(-c2ccc3c(c2)C[C@@H](NC[C@H](O)c2cc(F)c(Cl)c(F)c2F)CC3)cc1. The fourth-order valence-electron chi connectivity index (χ4n) is 4.14. The van der Waals surface area contributed by atoms with Gasteiger partial charge in [-0.05, 0) is 59.7 Å². The van der Waals surface area contributed by atoms with Crippen molar-refractivity contribution in [2.45, 2.75) is 31.4 Å². The van der Waals surface area contributed by atoms with Crippen molar-refractivity contribution in [3.8, 4) is 11.1 Å². The zero-order valence-electron chi connectivity index (χ0n) is 17.4. The van der Waals surface area contributed by atoms with Crippen molar-refractivity contribution in [2.24, 2.45) is 0 Å². The van der Waals surface area contributed by atoms with Crippen LogP contribution in [0.4, 0.5) is 13.2 Å². The van der Waals surface area contributed by atoms with E-state index >= 15 is 0 Å². The maximum Gasteiger partial charge on any atom is 0.335 e. The van der Waals surface area contributed by atoms with E-state index in [0.29, 0.717) is 12.5 Å². The van der Waals surface area contributed by atoms with Crippen molar-refractivity contribution in [1.29, 1.82) is 0 Å². The number of carbonyl (C=O) groups is 1. The number of rotatable bonds is 6. The van der Waals surface area contributed by atoms with Gasteiger partial charge >= 0.3 is 5.97 Å². The van der Waals surface area contributed by atoms with E-state index in [9.17, 15) is 23.1 Å². The summed E-state index contributed by atoms with van der Waals surface area (Å²) >= 11 is 5.37. The number of benzene rings is 3. The molecular weight excluding hydrogens is 455 g/mol. The average Bonchev–Trinajstić information content (AvgIpc) is 2.83. The molecule has 0 fully saturated rings. The second kappa shape index (κ2) is 9.55. The molecule has 0 spiro atoms. The molecule has 0 saturated heterocycles. The lowest BCUT2D eigenvalue weighted by molar-refractivity contribution is 0.0697. The lowest BCUT2D eigenvalue weighted by atomic mass is 9.86. The number of halogens is 4. The molecular formula is C25H21ClF3NO3. The Balaban J connectivity index is 1.44. The number of carboxylic acids is 1. The number of aliphatic hydroxyl groups excluding tert-OH is 1. The first-order valence-electron chi connectivity index (χ1n) is 10.4. The molecule has 4 rings (SSSR count). The van der Waals surface area contributed by atoms with Gasteiger partial charge in [-0.25, -0.2) is 18.0 Å². The maximum absolute atomic E-state index is 14.1. The Morgan fingerprint density at radius 2 is 1.73 bits per heavy atom. The van der Waals surface area contributed by atoms with Crippen molar-refractivity contribution in [3.63, 3.8) is 0 Å². The number of fused-ring (bicyclic) bond motifs is 1. The molecule has 0 aromatic heterocycles. The molecule has 3 aromatic rings. The molecule has 33 heavy (non-hydrogen) atoms. The van der Waals surface area contributed by atoms with Crippen LogP contribution in [0.15, 0.2) is 48.5 Å². The molecule has 0 saturated carbocycles. The highest BCUT2D eigenvalue weighted by Crippen LogP contribution is 2.30. The second-order valence-corrected chi connectivity index (χ2v) is 8.50. The third kappa shape index (κ3) is 4.90. The quantitative estimate of drug-likeness (QED) is 0.334. The predicted molar refractivity (Wildman–Crippen MR) is 119 cm³/mol. The summed E-state index contributed by atoms with van der Waals surface area (Å²) in [6, 6.07) is 13.5. The number of hydrogen-bond donors (Lipinski definition) is 3. The van der Waals surface area contributed by atoms with Gasteiger partial charge in [0.1, 0.15) is 10.8 Å². The summed E-state index contributed by atoms with van der Waals surface area (Å²) < 4.78 is 41.5. The first-order valence-corrected chi connectivity index (χ1v) is 10.8. The maximum atomic E-state index is 14.1. The van der Waals surface area contributed by atoms with Crippen LogP contribution in [0.1, 0.15) is 39.6 Å². The van der Waals surface area contributed by atoms with E-state index in [1.807, 2.05) is 6.07 Å². The van der Waals surface area contributed by atoms with E-state index in [0.717, 1.165) is 29.5 Å². The van der Waals surface area contributed by atoms with Crippen LogP contribution >= 0.6 is 11.6 Å². The molecule has 1 aliphatic carbocycles. The molecule has 0 unspecified atom stereocenters. The second-order valence-electron chi connectivity index (χ2n) is 8.12. The zero-order valence-corrected chi connectivity index (χ0v) is 18.2. The molecule has 0 aliphatic heterocycles. The highest BCUT2D eigenvalue weighted by Gasteiger charge is 2.24. The smallest absolute Gasteiger partial charge is 0.335 e. The van der Waals surface area contributed by atoms with Crippen LogP contribution in [0.3, 0.4) is 0 Å². The van der Waals surface area contributed by atoms with Crippen LogP contribution in [0.2, 0.25) is 5.02 Å². The van der Waals surface area contributed by atoms with E-state index in [1.165, 1.54) is 5.56 Å². The number of hydrogen-bond acceptors (Lipinski definition) is 3. The van der Waals surface area contributed by atoms with Gasteiger partial charge in [0.15, 0.2) is 11.6 Å². The molecule has 3 N–H and O–H groups in total. The van der Waals surface area contributed by atoms with Gasteiger partial charge in [-0.1, -0.05) is 41.9 Å². The summed E-state index contributed by atoms with van der Waals surface area (Å²) in [4.78, 5) is 11.1. The van der Waals surface area contributed by atoms with Crippen molar-refractivity contribution < 1.29 is 28.2 Å². The molecule has 4 nitrogen and oxygen atoms in total. The standard InChI is InChI=1S/C25H21ClF3NO3/c26-22-20(27)11-19(23(28)24(22)29)21(31)12-30-18-8-7-14-3-6-16(9-17(14)10-18)13-1-4-15(5-2-13)25(32)33/h1-6,9,11,18,21,30-31H,7-8,10,12H2,(H,32,33)/t18-,21-/m0/s1. The zero-order chi connectivity index (χ0) is 23.7. The van der Waals surface area contributed by atoms with Gasteiger partial charge < -0.3 is 15.5 Å². The lowest BCUT2D eigenvalue weighted by Gasteiger charge is -2.27. The molecule has 2 atom stereocenters. The minimum Gasteiger partial charge on any atom is -0.478 e. The fourth-order valence-corrected chi connectivity index (χ4v) is 4.28. The van der Waals surface area contributed by atoms with Gasteiger partial charge in [-0.15, -0.1) is 0 Å². The van der Waals surface area contributed by atoms with Crippen molar-refractivity contribution in [3.05, 3.63) is 93.3 Å². The molecule has 8 heteroatoms. The molecule has 0 amide bonds. The van der Waals surface area contributed by atoms with Gasteiger partial charge in [-0.2, -0.15) is 0 Å². The van der Waals surface area contributed by atoms with E-state index in [-0.39, 0.29) is 18.2 Å². The van der Waals surface area contributed by atoms with Gasteiger partial charge in [0, 0.05) is 18.2 Å². The van der Waals surface area contributed by atoms with Crippen LogP contribution in [0.5, 0.6) is 0 Å². The van der Waals surface area contributed by atoms with Crippen LogP contribution in [-0.4, -0.2) is 28.8 Å². The minimum absolute atomic E-state index is 0.0122. The Labute approximate surface area is 193 Å². The predicted octanol–water partition coefficient (Wildman–Crippen LogP) is 5.30. The van der Waals surface area contributed by atoms with E-state index in [2.05, 4.69) is 17.4 Å². The summed E-state index contributed by atoms with van der Waals surface area (Å²) in [5.74, 6) is -4.98. The summed E-state index contributed by atoms with van der Waals surface area (Å²) in [6.07, 6.45) is 0.819. The number of aliphatic hydroxyl groups is 1. The van der Waals surface area contributed by atoms with E-state index in [1.54, 1.807) is 24.3 Å². The van der Waals surface area contributed by atoms with Crippen molar-refractivity contribution in [1.82, 2.24) is 5.32 Å². The Kier molecular flexibility index (Phi) is 6.74. The van der Waals surface area contributed by atoms with Gasteiger partial charge in [0.2, 0.25) is 0 Å². The van der Waals surface area contributed by atoms with Gasteiger partial charge in [0.25, 0.3) is 0 Å². The Morgan fingerprint density at radius 1 is 1.03 bits per heavy atom. The Morgan fingerprint density at radius 3 is 2.42 bits per heavy atom. The molecule has 1 aliphatic rings. The first-order chi connectivity index (χ1) is 15.7. The minimum atomic E-state index is -1.51. The van der Waals surface area contributed by atoms with E-state index < -0.39 is 40.1 Å². The summed E-state index contributed by atoms with van der Waals surface area (Å²) in [5.41, 5.74) is 3.91. The monoisotopic (exact) mass is 475 g/mol. The van der Waals surface area contributed by atoms with Crippen molar-refractivity contribution in [2.75, 3.05) is 6.54 Å². The van der Waals surface area contributed by atoms with Gasteiger partial charge in [-0.3, -0.25) is 0 Å². The Bertz CT molecular complexity index is 1200. The number of nitrogens with one attached hydrogen (secondary N) is 1. The largest absolute Gasteiger partial charge is 0.478 e. The highest BCUT2D eigenvalue weighted by molar-refractivity contribution is 6.30. The number of aryl methyl sites for hydroxylation is 1. The van der Waals surface area contributed by atoms with Crippen LogP contribution in [-0.2, 0) is 12.8 Å². The lowest BCUT2D eigenvalue weighted by Crippen LogP contribution is -2.37. The molecule has 0 bridgehead atoms. The highest BCUT2D eigenvalue weighted by atomic mass is 35.5. The number of carboxylic acid groups (broad SMARTS) is 1. The molecule has 0 radical (unpaired) electrons. The van der Waals surface area contributed by atoms with Crippen LogP contribution in [0, 0.1) is 17.5 Å². The average molecular weight is 476 g/mol.